The van der Waals surface area contributed by atoms with Gasteiger partial charge in [0.2, 0.25) is 0 Å². The number of aromatic nitrogens is 1. The Hall–Kier alpha value is -0.810. The molecular weight excluding hydrogens is 258 g/mol. The zero-order chi connectivity index (χ0) is 11.3. The minimum atomic E-state index is -0.0646. The number of carbonyl (C=O) groups is 1. The van der Waals surface area contributed by atoms with E-state index in [2.05, 4.69) is 38.1 Å². The molecule has 0 saturated heterocycles. The summed E-state index contributed by atoms with van der Waals surface area (Å²) >= 11 is 3.28. The molecule has 0 atom stereocenters. The van der Waals surface area contributed by atoms with E-state index in [4.69, 9.17) is 0 Å². The van der Waals surface area contributed by atoms with Gasteiger partial charge in [-0.25, -0.2) is 0 Å². The van der Waals surface area contributed by atoms with Gasteiger partial charge in [-0.05, 0) is 35.6 Å². The highest BCUT2D eigenvalue weighted by Gasteiger charge is 2.06. The van der Waals surface area contributed by atoms with Crippen LogP contribution >= 0.6 is 15.9 Å². The number of nitrogens with one attached hydrogen (secondary N) is 2. The number of likely N-dealkylation sites (N-methyl/N-ethyl adjacent to an activating group) is 1. The second-order valence-electron chi connectivity index (χ2n) is 3.38. The summed E-state index contributed by atoms with van der Waals surface area (Å²) in [5.74, 6) is -0.0646. The summed E-state index contributed by atoms with van der Waals surface area (Å²) in [6, 6.07) is 1.76. The molecule has 0 saturated carbocycles. The molecule has 0 spiro atoms. The highest BCUT2D eigenvalue weighted by Crippen LogP contribution is 2.09. The molecule has 84 valence electrons. The van der Waals surface area contributed by atoms with E-state index >= 15 is 0 Å². The van der Waals surface area contributed by atoms with Gasteiger partial charge in [-0.3, -0.25) is 4.79 Å². The number of H-pyrrole nitrogens is 1. The highest BCUT2D eigenvalue weighted by molar-refractivity contribution is 9.10. The molecule has 0 aromatic carbocycles. The van der Waals surface area contributed by atoms with E-state index in [0.29, 0.717) is 12.2 Å². The van der Waals surface area contributed by atoms with Crippen LogP contribution in [-0.2, 0) is 0 Å². The maximum absolute atomic E-state index is 11.5. The average molecular weight is 274 g/mol. The van der Waals surface area contributed by atoms with Crippen molar-refractivity contribution in [3.8, 4) is 0 Å². The second-order valence-corrected chi connectivity index (χ2v) is 4.30. The van der Waals surface area contributed by atoms with Crippen LogP contribution in [0, 0.1) is 0 Å². The van der Waals surface area contributed by atoms with Crippen molar-refractivity contribution in [1.29, 1.82) is 0 Å². The summed E-state index contributed by atoms with van der Waals surface area (Å²) in [5.41, 5.74) is 0.584. The summed E-state index contributed by atoms with van der Waals surface area (Å²) in [6.07, 6.45) is 1.74. The van der Waals surface area contributed by atoms with E-state index in [1.165, 1.54) is 0 Å². The maximum atomic E-state index is 11.5. The molecule has 1 aromatic heterocycles. The SMILES string of the molecule is CCN(C)CCNC(=O)c1cc(Br)c[nH]1. The first-order valence-electron chi connectivity index (χ1n) is 4.94. The van der Waals surface area contributed by atoms with Gasteiger partial charge >= 0.3 is 0 Å². The smallest absolute Gasteiger partial charge is 0.267 e. The summed E-state index contributed by atoms with van der Waals surface area (Å²) in [4.78, 5) is 16.6. The molecule has 0 radical (unpaired) electrons. The van der Waals surface area contributed by atoms with Crippen LogP contribution in [0.15, 0.2) is 16.7 Å². The maximum Gasteiger partial charge on any atom is 0.267 e. The lowest BCUT2D eigenvalue weighted by atomic mass is 10.4. The number of rotatable bonds is 5. The van der Waals surface area contributed by atoms with Crippen LogP contribution in [0.3, 0.4) is 0 Å². The molecule has 0 aliphatic carbocycles. The fraction of sp³-hybridized carbons (Fsp3) is 0.500. The molecule has 15 heavy (non-hydrogen) atoms. The van der Waals surface area contributed by atoms with E-state index in [1.807, 2.05) is 7.05 Å². The number of hydrogen-bond acceptors (Lipinski definition) is 2. The van der Waals surface area contributed by atoms with Gasteiger partial charge in [0, 0.05) is 23.8 Å². The first kappa shape index (κ1) is 12.3. The van der Waals surface area contributed by atoms with Gasteiger partial charge in [-0.1, -0.05) is 6.92 Å². The van der Waals surface area contributed by atoms with Gasteiger partial charge < -0.3 is 15.2 Å². The zero-order valence-electron chi connectivity index (χ0n) is 9.01. The molecule has 1 amide bonds. The molecular formula is C10H16BrN3O. The monoisotopic (exact) mass is 273 g/mol. The molecule has 5 heteroatoms. The fourth-order valence-electron chi connectivity index (χ4n) is 1.11. The molecule has 0 unspecified atom stereocenters. The van der Waals surface area contributed by atoms with E-state index in [1.54, 1.807) is 12.3 Å². The van der Waals surface area contributed by atoms with Crippen LogP contribution in [0.1, 0.15) is 17.4 Å². The normalized spacial score (nSPS) is 10.7. The lowest BCUT2D eigenvalue weighted by molar-refractivity contribution is 0.0946. The lowest BCUT2D eigenvalue weighted by Crippen LogP contribution is -2.33. The van der Waals surface area contributed by atoms with Crippen LogP contribution in [-0.4, -0.2) is 42.5 Å². The molecule has 0 fully saturated rings. The Morgan fingerprint density at radius 1 is 1.67 bits per heavy atom. The molecule has 0 aliphatic heterocycles. The first-order chi connectivity index (χ1) is 7.13. The summed E-state index contributed by atoms with van der Waals surface area (Å²) < 4.78 is 0.887. The Labute approximate surface area is 98.2 Å². The number of aromatic amines is 1. The Bertz CT molecular complexity index is 324. The number of halogens is 1. The predicted octanol–water partition coefficient (Wildman–Crippen LogP) is 1.46. The van der Waals surface area contributed by atoms with Crippen molar-refractivity contribution in [1.82, 2.24) is 15.2 Å². The lowest BCUT2D eigenvalue weighted by Gasteiger charge is -2.13. The second kappa shape index (κ2) is 5.92. The van der Waals surface area contributed by atoms with Crippen molar-refractivity contribution in [2.75, 3.05) is 26.7 Å². The van der Waals surface area contributed by atoms with Crippen molar-refractivity contribution >= 4 is 21.8 Å². The largest absolute Gasteiger partial charge is 0.356 e. The third kappa shape index (κ3) is 4.05. The third-order valence-electron chi connectivity index (χ3n) is 2.21. The number of hydrogen-bond donors (Lipinski definition) is 2. The van der Waals surface area contributed by atoms with Gasteiger partial charge in [0.1, 0.15) is 5.69 Å². The molecule has 4 nitrogen and oxygen atoms in total. The zero-order valence-corrected chi connectivity index (χ0v) is 10.6. The molecule has 2 N–H and O–H groups in total. The molecule has 1 aromatic rings. The van der Waals surface area contributed by atoms with Crippen LogP contribution in [0.4, 0.5) is 0 Å². The minimum Gasteiger partial charge on any atom is -0.356 e. The number of amides is 1. The van der Waals surface area contributed by atoms with Crippen LogP contribution in [0.2, 0.25) is 0 Å². The Morgan fingerprint density at radius 2 is 2.40 bits per heavy atom. The van der Waals surface area contributed by atoms with Gasteiger partial charge in [0.25, 0.3) is 5.91 Å². The van der Waals surface area contributed by atoms with Crippen LogP contribution in [0.25, 0.3) is 0 Å². The molecule has 1 heterocycles. The third-order valence-corrected chi connectivity index (χ3v) is 2.67. The summed E-state index contributed by atoms with van der Waals surface area (Å²) in [6.45, 7) is 4.61. The molecule has 1 rings (SSSR count). The predicted molar refractivity (Wildman–Crippen MR) is 64.0 cm³/mol. The molecule has 0 aliphatic rings. The number of carbonyl (C=O) groups excluding carboxylic acids is 1. The minimum absolute atomic E-state index is 0.0646. The fourth-order valence-corrected chi connectivity index (χ4v) is 1.46. The van der Waals surface area contributed by atoms with Gasteiger partial charge in [0.05, 0.1) is 0 Å². The topological polar surface area (TPSA) is 48.1 Å². The van der Waals surface area contributed by atoms with Crippen LogP contribution < -0.4 is 5.32 Å². The van der Waals surface area contributed by atoms with Gasteiger partial charge in [0.15, 0.2) is 0 Å². The van der Waals surface area contributed by atoms with E-state index < -0.39 is 0 Å². The summed E-state index contributed by atoms with van der Waals surface area (Å²) in [5, 5.41) is 2.84. The number of nitrogens with zero attached hydrogens (tertiary/aromatic N) is 1. The standard InChI is InChI=1S/C10H16BrN3O/c1-3-14(2)5-4-12-10(15)9-6-8(11)7-13-9/h6-7,13H,3-5H2,1-2H3,(H,12,15). The van der Waals surface area contributed by atoms with E-state index in [0.717, 1.165) is 17.6 Å². The van der Waals surface area contributed by atoms with E-state index in [9.17, 15) is 4.79 Å². The van der Waals surface area contributed by atoms with Gasteiger partial charge in [-0.15, -0.1) is 0 Å². The van der Waals surface area contributed by atoms with Crippen molar-refractivity contribution in [2.24, 2.45) is 0 Å². The Balaban J connectivity index is 2.31. The summed E-state index contributed by atoms with van der Waals surface area (Å²) in [7, 11) is 2.03. The Morgan fingerprint density at radius 3 is 2.93 bits per heavy atom. The van der Waals surface area contributed by atoms with Crippen molar-refractivity contribution in [3.05, 3.63) is 22.4 Å². The van der Waals surface area contributed by atoms with Crippen molar-refractivity contribution < 1.29 is 4.79 Å². The first-order valence-corrected chi connectivity index (χ1v) is 5.73. The quantitative estimate of drug-likeness (QED) is 0.854. The van der Waals surface area contributed by atoms with E-state index in [-0.39, 0.29) is 5.91 Å². The Kier molecular flexibility index (Phi) is 4.84. The molecule has 0 bridgehead atoms. The average Bonchev–Trinajstić information content (AvgIpc) is 2.64. The van der Waals surface area contributed by atoms with Crippen molar-refractivity contribution in [2.45, 2.75) is 6.92 Å². The van der Waals surface area contributed by atoms with Crippen LogP contribution in [0.5, 0.6) is 0 Å². The highest BCUT2D eigenvalue weighted by atomic mass is 79.9. The van der Waals surface area contributed by atoms with Crippen molar-refractivity contribution in [3.63, 3.8) is 0 Å². The van der Waals surface area contributed by atoms with Gasteiger partial charge in [-0.2, -0.15) is 0 Å².